The van der Waals surface area contributed by atoms with E-state index in [0.29, 0.717) is 7.25 Å². The van der Waals surface area contributed by atoms with Crippen LogP contribution in [0.1, 0.15) is 54.5 Å². The van der Waals surface area contributed by atoms with Crippen LogP contribution in [0.5, 0.6) is 0 Å². The van der Waals surface area contributed by atoms with Crippen LogP contribution in [0.15, 0.2) is 145 Å². The first-order chi connectivity index (χ1) is 27.2. The molecule has 0 spiro atoms. The van der Waals surface area contributed by atoms with Crippen LogP contribution < -0.4 is 24.8 Å². The Morgan fingerprint density at radius 1 is 0.500 bits per heavy atom. The largest absolute Gasteiger partial charge is 1.00 e. The summed E-state index contributed by atoms with van der Waals surface area (Å²) >= 11 is -2.49. The van der Waals surface area contributed by atoms with Crippen molar-refractivity contribution in [1.82, 2.24) is 19.6 Å². The number of allylic oxidation sites excluding steroid dienone is 2. The fraction of sp³-hybridized carbons (Fsp3) is 0.160. The molecule has 0 saturated carbocycles. The first kappa shape index (κ1) is 40.2. The zero-order chi connectivity index (χ0) is 38.2. The Hall–Kier alpha value is -4.58. The summed E-state index contributed by atoms with van der Waals surface area (Å²) in [5.74, 6) is 0. The summed E-state index contributed by atoms with van der Waals surface area (Å²) < 4.78 is 5.29. The van der Waals surface area contributed by atoms with E-state index < -0.39 is 25.8 Å². The predicted molar refractivity (Wildman–Crippen MR) is 233 cm³/mol. The number of rotatable bonds is 6. The third-order valence-corrected chi connectivity index (χ3v) is 31.9. The van der Waals surface area contributed by atoms with E-state index in [1.807, 2.05) is 12.4 Å². The molecule has 0 unspecified atom stereocenters. The Bertz CT molecular complexity index is 2790. The van der Waals surface area contributed by atoms with Gasteiger partial charge in [-0.25, -0.2) is 0 Å². The maximum absolute atomic E-state index is 5.03. The molecule has 4 nitrogen and oxygen atoms in total. The zero-order valence-electron chi connectivity index (χ0n) is 33.6. The van der Waals surface area contributed by atoms with Gasteiger partial charge in [-0.1, -0.05) is 0 Å². The van der Waals surface area contributed by atoms with Crippen molar-refractivity contribution in [3.8, 4) is 33.6 Å². The second-order valence-electron chi connectivity index (χ2n) is 16.1. The van der Waals surface area contributed by atoms with E-state index >= 15 is 0 Å². The summed E-state index contributed by atoms with van der Waals surface area (Å²) in [4.78, 5) is 0. The van der Waals surface area contributed by atoms with E-state index in [0.717, 1.165) is 21.8 Å². The maximum Gasteiger partial charge on any atom is -1.00 e. The van der Waals surface area contributed by atoms with E-state index in [-0.39, 0.29) is 24.8 Å². The number of benzene rings is 6. The Balaban J connectivity index is 0.00000235. The second-order valence-corrected chi connectivity index (χ2v) is 33.9. The summed E-state index contributed by atoms with van der Waals surface area (Å²) in [6.45, 7) is 14.4. The van der Waals surface area contributed by atoms with Crippen molar-refractivity contribution in [2.24, 2.45) is 0 Å². The van der Waals surface area contributed by atoms with Gasteiger partial charge in [0.2, 0.25) is 0 Å². The Morgan fingerprint density at radius 3 is 1.29 bits per heavy atom. The molecule has 2 heterocycles. The van der Waals surface area contributed by atoms with E-state index in [1.54, 1.807) is 0 Å². The number of halogens is 2. The number of aromatic nitrogens is 4. The van der Waals surface area contributed by atoms with Gasteiger partial charge in [-0.05, 0) is 0 Å². The van der Waals surface area contributed by atoms with Crippen molar-refractivity contribution < 1.29 is 45.2 Å². The molecule has 2 aliphatic carbocycles. The molecule has 0 saturated heterocycles. The molecule has 10 rings (SSSR count). The van der Waals surface area contributed by atoms with E-state index in [1.165, 1.54) is 78.2 Å². The molecule has 286 valence electrons. The van der Waals surface area contributed by atoms with Gasteiger partial charge in [-0.15, -0.1) is 0 Å². The van der Waals surface area contributed by atoms with Crippen molar-refractivity contribution in [3.05, 3.63) is 178 Å². The maximum atomic E-state index is 5.03. The summed E-state index contributed by atoms with van der Waals surface area (Å²) in [5.41, 5.74) is 20.3. The van der Waals surface area contributed by atoms with Gasteiger partial charge in [0.05, 0.1) is 0 Å². The minimum absolute atomic E-state index is 0. The molecule has 0 fully saturated rings. The zero-order valence-corrected chi connectivity index (χ0v) is 38.5. The molecule has 0 N–H and O–H groups in total. The molecule has 0 radical (unpaired) electrons. The molecule has 58 heavy (non-hydrogen) atoms. The fourth-order valence-electron chi connectivity index (χ4n) is 9.30. The molecular formula is C50H44Cl2N4SiZr. The van der Waals surface area contributed by atoms with Crippen molar-refractivity contribution in [2.45, 2.75) is 48.0 Å². The first-order valence-corrected chi connectivity index (χ1v) is 28.7. The number of hydrogen-bond donors (Lipinski definition) is 0. The summed E-state index contributed by atoms with van der Waals surface area (Å²) in [5, 5.41) is 12.4. The van der Waals surface area contributed by atoms with Crippen molar-refractivity contribution in [3.63, 3.8) is 0 Å². The summed E-state index contributed by atoms with van der Waals surface area (Å²) in [7, 11) is 0. The summed E-state index contributed by atoms with van der Waals surface area (Å²) in [6, 6.07) is 45.2. The van der Waals surface area contributed by atoms with Gasteiger partial charge in [0.15, 0.2) is 0 Å². The van der Waals surface area contributed by atoms with E-state index in [2.05, 4.69) is 184 Å². The Morgan fingerprint density at radius 2 is 0.897 bits per heavy atom. The average Bonchev–Trinajstić information content (AvgIpc) is 3.98. The molecule has 8 aromatic rings. The molecule has 0 bridgehead atoms. The Labute approximate surface area is 361 Å². The standard InChI is InChI=1S/2C24H19N2.C2H6Si.2ClH.Zr/c2*1-16-7-9-18(10-8-16)20-13-21-11-17(2)12-22(21)24(14-20)26-23-6-4-3-5-19(23)15-25-26;1-3-2;;;/h2*3-15H,1-2H3;1-2H3;2*1H;/q;;;;;+2/p-2. The van der Waals surface area contributed by atoms with E-state index in [4.69, 9.17) is 10.2 Å². The number of aryl methyl sites for hydroxylation is 2. The van der Waals surface area contributed by atoms with Crippen LogP contribution in [0.2, 0.25) is 13.1 Å². The molecule has 0 aliphatic heterocycles. The van der Waals surface area contributed by atoms with Crippen molar-refractivity contribution in [2.75, 3.05) is 0 Å². The van der Waals surface area contributed by atoms with Gasteiger partial charge in [0.1, 0.15) is 0 Å². The molecule has 2 atom stereocenters. The summed E-state index contributed by atoms with van der Waals surface area (Å²) in [6.07, 6.45) is 9.07. The molecule has 6 aromatic carbocycles. The van der Waals surface area contributed by atoms with Crippen LogP contribution in [0.3, 0.4) is 0 Å². The van der Waals surface area contributed by atoms with Gasteiger partial charge >= 0.3 is 339 Å². The number of para-hydroxylation sites is 2. The normalized spacial score (nSPS) is 15.2. The number of hydrogen-bond acceptors (Lipinski definition) is 2. The molecule has 8 heteroatoms. The smallest absolute Gasteiger partial charge is 1.00 e. The second kappa shape index (κ2) is 15.9. The SMILES string of the molecule is CC1=Cc2c(cc(-c3ccc(C)cc3)cc2-n2ncc3ccccc32)[C@@H]1[Zr+2]([C@H]1C(C)=Cc2c1cc(-c1ccc(C)cc1)cc2-n1ncc2ccccc21)=[Si](C)C.[Cl-].[Cl-]. The van der Waals surface area contributed by atoms with Gasteiger partial charge < -0.3 is 24.8 Å². The van der Waals surface area contributed by atoms with Gasteiger partial charge in [0, 0.05) is 0 Å². The average molecular weight is 891 g/mol. The van der Waals surface area contributed by atoms with Crippen LogP contribution in [-0.2, 0) is 20.4 Å². The van der Waals surface area contributed by atoms with Gasteiger partial charge in [-0.3, -0.25) is 0 Å². The van der Waals surface area contributed by atoms with Crippen LogP contribution in [-0.4, -0.2) is 25.0 Å². The molecular weight excluding hydrogens is 847 g/mol. The first-order valence-electron chi connectivity index (χ1n) is 19.6. The van der Waals surface area contributed by atoms with Gasteiger partial charge in [0.25, 0.3) is 0 Å². The quantitative estimate of drug-likeness (QED) is 0.172. The van der Waals surface area contributed by atoms with Gasteiger partial charge in [-0.2, -0.15) is 0 Å². The fourth-order valence-corrected chi connectivity index (χ4v) is 30.0. The Kier molecular flexibility index (Phi) is 11.0. The minimum Gasteiger partial charge on any atom is -1.00 e. The number of fused-ring (bicyclic) bond motifs is 4. The van der Waals surface area contributed by atoms with Crippen LogP contribution in [0.25, 0.3) is 67.6 Å². The van der Waals surface area contributed by atoms with Crippen LogP contribution >= 0.6 is 0 Å². The third-order valence-electron chi connectivity index (χ3n) is 12.0. The van der Waals surface area contributed by atoms with Crippen molar-refractivity contribution >= 4 is 39.4 Å². The number of nitrogens with zero attached hydrogens (tertiary/aromatic N) is 4. The molecule has 0 amide bonds. The predicted octanol–water partition coefficient (Wildman–Crippen LogP) is 6.81. The van der Waals surface area contributed by atoms with Crippen LogP contribution in [0.4, 0.5) is 0 Å². The molecule has 2 aromatic heterocycles. The minimum atomic E-state index is -2.49. The monoisotopic (exact) mass is 888 g/mol. The molecule has 2 aliphatic rings. The third kappa shape index (κ3) is 6.72. The van der Waals surface area contributed by atoms with E-state index in [9.17, 15) is 0 Å². The van der Waals surface area contributed by atoms with Crippen molar-refractivity contribution in [1.29, 1.82) is 0 Å². The van der Waals surface area contributed by atoms with Crippen LogP contribution in [0, 0.1) is 13.8 Å². The topological polar surface area (TPSA) is 35.6 Å².